The zero-order valence-corrected chi connectivity index (χ0v) is 24.1. The molecule has 0 fully saturated rings. The first-order chi connectivity index (χ1) is 20.0. The van der Waals surface area contributed by atoms with Gasteiger partial charge in [-0.15, -0.1) is 0 Å². The Morgan fingerprint density at radius 3 is 2.36 bits per heavy atom. The minimum Gasteiger partial charge on any atom is -0.492 e. The van der Waals surface area contributed by atoms with Crippen molar-refractivity contribution in [1.29, 1.82) is 0 Å². The van der Waals surface area contributed by atoms with Gasteiger partial charge < -0.3 is 19.1 Å². The summed E-state index contributed by atoms with van der Waals surface area (Å²) in [5.41, 5.74) is 4.08. The molecule has 0 spiro atoms. The lowest BCUT2D eigenvalue weighted by atomic mass is 9.76. The van der Waals surface area contributed by atoms with Gasteiger partial charge in [0.25, 0.3) is 0 Å². The molecule has 1 aliphatic heterocycles. The molecule has 9 heteroatoms. The van der Waals surface area contributed by atoms with Crippen LogP contribution in [-0.4, -0.2) is 56.9 Å². The van der Waals surface area contributed by atoms with E-state index < -0.39 is 24.9 Å². The van der Waals surface area contributed by atoms with Crippen LogP contribution in [0.5, 0.6) is 5.75 Å². The van der Waals surface area contributed by atoms with Crippen LogP contribution in [0.4, 0.5) is 18.9 Å². The molecule has 4 rings (SSSR count). The van der Waals surface area contributed by atoms with E-state index in [1.165, 1.54) is 0 Å². The number of hydrogen-bond acceptors (Lipinski definition) is 6. The minimum absolute atomic E-state index is 0.00130. The monoisotopic (exact) mass is 583 g/mol. The zero-order valence-electron chi connectivity index (χ0n) is 24.1. The second kappa shape index (κ2) is 13.4. The van der Waals surface area contributed by atoms with Crippen molar-refractivity contribution < 1.29 is 37.0 Å². The van der Waals surface area contributed by atoms with E-state index in [0.717, 1.165) is 24.2 Å². The molecule has 42 heavy (non-hydrogen) atoms. The Hall–Kier alpha value is -3.85. The van der Waals surface area contributed by atoms with Crippen molar-refractivity contribution in [3.63, 3.8) is 0 Å². The summed E-state index contributed by atoms with van der Waals surface area (Å²) in [6.45, 7) is 6.37. The Balaban J connectivity index is 1.37. The fraction of sp³-hybridized carbons (Fsp3) is 0.394. The summed E-state index contributed by atoms with van der Waals surface area (Å²) >= 11 is 0. The van der Waals surface area contributed by atoms with E-state index in [1.807, 2.05) is 48.5 Å². The molecule has 3 aromatic carbocycles. The number of fused-ring (bicyclic) bond motifs is 1. The molecule has 0 aliphatic carbocycles. The number of ether oxygens (including phenoxy) is 3. The van der Waals surface area contributed by atoms with Crippen LogP contribution in [0.3, 0.4) is 0 Å². The molecular weight excluding hydrogens is 547 g/mol. The first-order valence-electron chi connectivity index (χ1n) is 14.0. The lowest BCUT2D eigenvalue weighted by Crippen LogP contribution is -2.39. The number of benzene rings is 3. The van der Waals surface area contributed by atoms with E-state index in [0.29, 0.717) is 35.6 Å². The van der Waals surface area contributed by atoms with Gasteiger partial charge in [-0.2, -0.15) is 13.2 Å². The predicted molar refractivity (Wildman–Crippen MR) is 154 cm³/mol. The third kappa shape index (κ3) is 8.12. The number of rotatable bonds is 12. The topological polar surface area (TPSA) is 65.1 Å². The van der Waals surface area contributed by atoms with Gasteiger partial charge in [0.1, 0.15) is 19.0 Å². The zero-order chi connectivity index (χ0) is 30.3. The summed E-state index contributed by atoms with van der Waals surface area (Å²) in [4.78, 5) is 27.4. The molecule has 1 unspecified atom stereocenters. The van der Waals surface area contributed by atoms with E-state index >= 15 is 0 Å². The normalized spacial score (nSPS) is 15.0. The number of nitrogens with zero attached hydrogens (tertiary/aromatic N) is 1. The second-order valence-corrected chi connectivity index (χ2v) is 10.9. The molecule has 1 heterocycles. The van der Waals surface area contributed by atoms with Crippen molar-refractivity contribution in [3.05, 3.63) is 95.1 Å². The molecule has 0 amide bonds. The quantitative estimate of drug-likeness (QED) is 0.178. The molecule has 6 nitrogen and oxygen atoms in total. The van der Waals surface area contributed by atoms with Crippen LogP contribution in [0, 0.1) is 0 Å². The van der Waals surface area contributed by atoms with Crippen LogP contribution in [0.2, 0.25) is 0 Å². The van der Waals surface area contributed by atoms with Crippen molar-refractivity contribution in [1.82, 2.24) is 0 Å². The van der Waals surface area contributed by atoms with Gasteiger partial charge >= 0.3 is 12.1 Å². The van der Waals surface area contributed by atoms with Crippen molar-refractivity contribution >= 4 is 17.4 Å². The van der Waals surface area contributed by atoms with Crippen molar-refractivity contribution in [2.24, 2.45) is 0 Å². The summed E-state index contributed by atoms with van der Waals surface area (Å²) in [7, 11) is 0. The van der Waals surface area contributed by atoms with Crippen LogP contribution in [0.15, 0.2) is 72.8 Å². The highest BCUT2D eigenvalue weighted by Crippen LogP contribution is 2.40. The first-order valence-corrected chi connectivity index (χ1v) is 14.0. The molecular formula is C33H36F3NO5. The summed E-state index contributed by atoms with van der Waals surface area (Å²) in [6.07, 6.45) is -5.03. The fourth-order valence-corrected chi connectivity index (χ4v) is 5.00. The van der Waals surface area contributed by atoms with Gasteiger partial charge in [-0.25, -0.2) is 4.79 Å². The van der Waals surface area contributed by atoms with E-state index in [9.17, 15) is 22.8 Å². The molecule has 224 valence electrons. The van der Waals surface area contributed by atoms with Gasteiger partial charge in [-0.1, -0.05) is 56.3 Å². The summed E-state index contributed by atoms with van der Waals surface area (Å²) in [5, 5.41) is 0. The number of esters is 1. The Morgan fingerprint density at radius 2 is 1.69 bits per heavy atom. The molecule has 1 atom stereocenters. The lowest BCUT2D eigenvalue weighted by Gasteiger charge is -2.40. The predicted octanol–water partition coefficient (Wildman–Crippen LogP) is 6.54. The molecule has 0 bridgehead atoms. The SMILES string of the molecule is CCOC(=O)C(Cc1ccc(OCCN2CCC(C)(C)c3cc(C(=O)c4ccccc4)ccc32)cc1)OCC(F)(F)F. The Kier molecular flexibility index (Phi) is 9.93. The lowest BCUT2D eigenvalue weighted by molar-refractivity contribution is -0.194. The summed E-state index contributed by atoms with van der Waals surface area (Å²) in [5.74, 6) is -0.230. The number of hydrogen-bond donors (Lipinski definition) is 0. The molecule has 0 saturated heterocycles. The highest BCUT2D eigenvalue weighted by Gasteiger charge is 2.33. The maximum absolute atomic E-state index is 13.1. The van der Waals surface area contributed by atoms with Crippen molar-refractivity contribution in [3.8, 4) is 5.75 Å². The van der Waals surface area contributed by atoms with E-state index in [4.69, 9.17) is 14.2 Å². The van der Waals surface area contributed by atoms with Crippen LogP contribution in [0.25, 0.3) is 0 Å². The standard InChI is InChI=1S/C33H36F3NO5/c1-4-40-31(39)29(42-22-33(34,35)36)20-23-10-13-26(14-11-23)41-19-18-37-17-16-32(2,3)27-21-25(12-15-28(27)37)30(38)24-8-6-5-7-9-24/h5-15,21,29H,4,16-20,22H2,1-3H3. The summed E-state index contributed by atoms with van der Waals surface area (Å²) in [6, 6.07) is 22.0. The maximum atomic E-state index is 13.1. The molecule has 0 N–H and O–H groups in total. The molecule has 1 aliphatic rings. The van der Waals surface area contributed by atoms with Gasteiger partial charge in [0.2, 0.25) is 0 Å². The Bertz CT molecular complexity index is 1360. The van der Waals surface area contributed by atoms with Crippen molar-refractivity contribution in [2.45, 2.75) is 51.3 Å². The highest BCUT2D eigenvalue weighted by atomic mass is 19.4. The number of carbonyl (C=O) groups is 2. The van der Waals surface area contributed by atoms with Crippen LogP contribution in [-0.2, 0) is 26.1 Å². The second-order valence-electron chi connectivity index (χ2n) is 10.9. The van der Waals surface area contributed by atoms with Gasteiger partial charge in [-0.05, 0) is 60.2 Å². The van der Waals surface area contributed by atoms with Crippen LogP contribution in [0.1, 0.15) is 54.2 Å². The number of halogens is 3. The smallest absolute Gasteiger partial charge is 0.411 e. The number of carbonyl (C=O) groups excluding carboxylic acids is 2. The molecule has 0 aromatic heterocycles. The Morgan fingerprint density at radius 1 is 0.976 bits per heavy atom. The summed E-state index contributed by atoms with van der Waals surface area (Å²) < 4.78 is 53.6. The van der Waals surface area contributed by atoms with Crippen LogP contribution < -0.4 is 9.64 Å². The van der Waals surface area contributed by atoms with Gasteiger partial charge in [0, 0.05) is 29.8 Å². The largest absolute Gasteiger partial charge is 0.492 e. The number of anilines is 1. The van der Waals surface area contributed by atoms with E-state index in [1.54, 1.807) is 31.2 Å². The molecule has 3 aromatic rings. The maximum Gasteiger partial charge on any atom is 0.411 e. The fourth-order valence-electron chi connectivity index (χ4n) is 5.00. The first kappa shape index (κ1) is 31.1. The van der Waals surface area contributed by atoms with E-state index in [-0.39, 0.29) is 24.2 Å². The van der Waals surface area contributed by atoms with Gasteiger partial charge in [0.05, 0.1) is 13.2 Å². The van der Waals surface area contributed by atoms with E-state index in [2.05, 4.69) is 18.7 Å². The average Bonchev–Trinajstić information content (AvgIpc) is 2.97. The number of ketones is 1. The molecule has 0 radical (unpaired) electrons. The third-order valence-corrected chi connectivity index (χ3v) is 7.34. The third-order valence-electron chi connectivity index (χ3n) is 7.34. The highest BCUT2D eigenvalue weighted by molar-refractivity contribution is 6.09. The van der Waals surface area contributed by atoms with Gasteiger partial charge in [-0.3, -0.25) is 4.79 Å². The van der Waals surface area contributed by atoms with Crippen LogP contribution >= 0.6 is 0 Å². The number of alkyl halides is 3. The minimum atomic E-state index is -4.55. The van der Waals surface area contributed by atoms with Crippen molar-refractivity contribution in [2.75, 3.05) is 37.8 Å². The average molecular weight is 584 g/mol. The van der Waals surface area contributed by atoms with Gasteiger partial charge in [0.15, 0.2) is 11.9 Å². The molecule has 0 saturated carbocycles. The Labute approximate surface area is 244 Å².